The summed E-state index contributed by atoms with van der Waals surface area (Å²) in [5, 5.41) is 2.30. The van der Waals surface area contributed by atoms with Gasteiger partial charge in [0.2, 0.25) is 11.1 Å². The summed E-state index contributed by atoms with van der Waals surface area (Å²) in [4.78, 5) is 20.8. The molecule has 49 heavy (non-hydrogen) atoms. The standard InChI is InChI=1S/C14H36ClNO4Si4.C12H35NO3Si4.C2H2Cl2O/c1-21(2,3)18-24(19-22(4,5)6,20-23(7,8)9)12-10-11-16-14(17)13-15;1-17(2,3)14-20(12-10-11-13,15-18(4,5)6)16-19(7,8)9;3-1-2(4)5/h10-13H2,1-9H3,(H,16,17);10-13H2,1-9H3;1H2. The first kappa shape index (κ1) is 54.8. The quantitative estimate of drug-likeness (QED) is 0.0502. The van der Waals surface area contributed by atoms with Gasteiger partial charge in [-0.05, 0) is 149 Å². The second kappa shape index (κ2) is 23.4. The van der Waals surface area contributed by atoms with Crippen LogP contribution in [0.2, 0.25) is 130 Å². The lowest BCUT2D eigenvalue weighted by Crippen LogP contribution is -2.60. The van der Waals surface area contributed by atoms with E-state index in [1.807, 2.05) is 0 Å². The van der Waals surface area contributed by atoms with Gasteiger partial charge in [-0.3, -0.25) is 9.59 Å². The Morgan fingerprint density at radius 1 is 0.510 bits per heavy atom. The fraction of sp³-hybridized carbons (Fsp3) is 0.929. The summed E-state index contributed by atoms with van der Waals surface area (Å²) in [6.45, 7) is 40.6. The molecule has 21 heteroatoms. The molecule has 296 valence electrons. The highest BCUT2D eigenvalue weighted by Gasteiger charge is 2.50. The zero-order valence-corrected chi connectivity index (χ0v) is 44.4. The fourth-order valence-electron chi connectivity index (χ4n) is 4.13. The Kier molecular flexibility index (Phi) is 26.2. The van der Waals surface area contributed by atoms with Crippen LogP contribution in [-0.2, 0) is 34.3 Å². The Bertz CT molecular complexity index is 869. The monoisotopic (exact) mass is 894 g/mol. The van der Waals surface area contributed by atoms with Gasteiger partial charge in [0.05, 0.1) is 5.88 Å². The molecular weight excluding hydrogens is 823 g/mol. The molecule has 0 aromatic heterocycles. The van der Waals surface area contributed by atoms with E-state index in [0.717, 1.165) is 24.9 Å². The minimum atomic E-state index is -2.78. The predicted molar refractivity (Wildman–Crippen MR) is 231 cm³/mol. The van der Waals surface area contributed by atoms with Crippen molar-refractivity contribution < 1.29 is 34.3 Å². The van der Waals surface area contributed by atoms with Crippen molar-refractivity contribution in [3.05, 3.63) is 0 Å². The first-order chi connectivity index (χ1) is 21.5. The molecule has 0 saturated heterocycles. The van der Waals surface area contributed by atoms with E-state index in [0.29, 0.717) is 13.1 Å². The maximum Gasteiger partial charge on any atom is 0.469 e. The van der Waals surface area contributed by atoms with Gasteiger partial charge in [-0.2, -0.15) is 0 Å². The lowest BCUT2D eigenvalue weighted by atomic mass is 10.5. The largest absolute Gasteiger partial charge is 0.469 e. The molecule has 0 radical (unpaired) electrons. The molecule has 3 N–H and O–H groups in total. The van der Waals surface area contributed by atoms with Crippen molar-refractivity contribution in [3.8, 4) is 0 Å². The molecule has 0 atom stereocenters. The summed E-state index contributed by atoms with van der Waals surface area (Å²) in [6.07, 6.45) is 1.68. The molecule has 0 heterocycles. The van der Waals surface area contributed by atoms with Crippen LogP contribution in [0, 0.1) is 0 Å². The van der Waals surface area contributed by atoms with Crippen LogP contribution in [0.5, 0.6) is 0 Å². The van der Waals surface area contributed by atoms with Crippen molar-refractivity contribution in [3.63, 3.8) is 0 Å². The molecular formula is C28H73Cl3N2O8Si8. The van der Waals surface area contributed by atoms with E-state index in [4.69, 9.17) is 65.2 Å². The Morgan fingerprint density at radius 3 is 0.939 bits per heavy atom. The average Bonchev–Trinajstić information content (AvgIpc) is 2.79. The molecule has 0 rings (SSSR count). The molecule has 0 aromatic rings. The van der Waals surface area contributed by atoms with Crippen LogP contribution >= 0.6 is 34.8 Å². The number of nitrogens with two attached hydrogens (primary N) is 1. The Hall–Kier alpha value is 1.47. The zero-order valence-electron chi connectivity index (χ0n) is 34.1. The second-order valence-corrected chi connectivity index (χ2v) is 52.6. The van der Waals surface area contributed by atoms with Crippen LogP contribution in [0.1, 0.15) is 12.8 Å². The predicted octanol–water partition coefficient (Wildman–Crippen LogP) is 9.04. The second-order valence-electron chi connectivity index (χ2n) is 17.6. The van der Waals surface area contributed by atoms with Crippen molar-refractivity contribution in [2.45, 2.75) is 143 Å². The van der Waals surface area contributed by atoms with Gasteiger partial charge in [0.15, 0.2) is 49.9 Å². The van der Waals surface area contributed by atoms with Crippen LogP contribution in [0.15, 0.2) is 0 Å². The third-order valence-electron chi connectivity index (χ3n) is 4.67. The number of hydrogen-bond acceptors (Lipinski definition) is 9. The molecule has 0 aliphatic rings. The van der Waals surface area contributed by atoms with Crippen LogP contribution in [0.25, 0.3) is 0 Å². The van der Waals surface area contributed by atoms with E-state index in [1.54, 1.807) is 0 Å². The van der Waals surface area contributed by atoms with Crippen molar-refractivity contribution in [2.24, 2.45) is 5.73 Å². The van der Waals surface area contributed by atoms with E-state index < -0.39 is 72.8 Å². The maximum absolute atomic E-state index is 11.3. The van der Waals surface area contributed by atoms with Gasteiger partial charge in [-0.25, -0.2) is 0 Å². The summed E-state index contributed by atoms with van der Waals surface area (Å²) in [7, 11) is -16.1. The summed E-state index contributed by atoms with van der Waals surface area (Å²) in [5.41, 5.74) is 5.72. The minimum Gasteiger partial charge on any atom is -0.417 e. The first-order valence-corrected chi connectivity index (χ1v) is 42.8. The Morgan fingerprint density at radius 2 is 0.755 bits per heavy atom. The Balaban J connectivity index is -0.000000766. The van der Waals surface area contributed by atoms with Crippen molar-refractivity contribution in [1.29, 1.82) is 0 Å². The van der Waals surface area contributed by atoms with Crippen LogP contribution in [-0.4, -0.2) is 104 Å². The smallest absolute Gasteiger partial charge is 0.417 e. The number of carbonyl (C=O) groups is 2. The first-order valence-electron chi connectivity index (χ1n) is 17.0. The highest BCUT2D eigenvalue weighted by atomic mass is 35.5. The lowest BCUT2D eigenvalue weighted by Gasteiger charge is -2.43. The number of halogens is 3. The van der Waals surface area contributed by atoms with Crippen molar-refractivity contribution in [1.82, 2.24) is 5.32 Å². The van der Waals surface area contributed by atoms with Crippen molar-refractivity contribution >= 4 is 113 Å². The van der Waals surface area contributed by atoms with Gasteiger partial charge in [-0.15, -0.1) is 23.2 Å². The van der Waals surface area contributed by atoms with E-state index in [9.17, 15) is 9.59 Å². The van der Waals surface area contributed by atoms with Crippen LogP contribution < -0.4 is 11.1 Å². The van der Waals surface area contributed by atoms with Gasteiger partial charge in [0.1, 0.15) is 5.88 Å². The van der Waals surface area contributed by atoms with Gasteiger partial charge in [0, 0.05) is 18.6 Å². The highest BCUT2D eigenvalue weighted by molar-refractivity contribution is 6.91. The molecule has 0 bridgehead atoms. The molecule has 0 saturated carbocycles. The highest BCUT2D eigenvalue weighted by Crippen LogP contribution is 2.31. The van der Waals surface area contributed by atoms with Crippen LogP contribution in [0.4, 0.5) is 0 Å². The lowest BCUT2D eigenvalue weighted by molar-refractivity contribution is -0.118. The molecule has 0 aliphatic carbocycles. The molecule has 0 spiro atoms. The number of amides is 1. The number of alkyl halides is 2. The summed E-state index contributed by atoms with van der Waals surface area (Å²) in [5.74, 6) is -0.251. The van der Waals surface area contributed by atoms with E-state index in [1.165, 1.54) is 0 Å². The van der Waals surface area contributed by atoms with Gasteiger partial charge < -0.3 is 35.7 Å². The van der Waals surface area contributed by atoms with Gasteiger partial charge in [-0.1, -0.05) is 0 Å². The summed E-state index contributed by atoms with van der Waals surface area (Å²) < 4.78 is 39.3. The average molecular weight is 897 g/mol. The maximum atomic E-state index is 11.3. The fourth-order valence-corrected chi connectivity index (χ4v) is 33.6. The van der Waals surface area contributed by atoms with E-state index >= 15 is 0 Å². The van der Waals surface area contributed by atoms with Gasteiger partial charge in [0.25, 0.3) is 0 Å². The SMILES string of the molecule is C[Si](C)(C)O[Si](CCCN)(O[Si](C)(C)C)O[Si](C)(C)C.C[Si](C)(C)O[Si](CCCNC(=O)CCl)(O[Si](C)(C)C)O[Si](C)(C)C.O=C(Cl)CCl. The van der Waals surface area contributed by atoms with E-state index in [-0.39, 0.29) is 17.7 Å². The molecule has 0 aromatic carbocycles. The Labute approximate surface area is 324 Å². The molecule has 10 nitrogen and oxygen atoms in total. The zero-order chi connectivity index (χ0) is 39.8. The van der Waals surface area contributed by atoms with Crippen LogP contribution in [0.3, 0.4) is 0 Å². The topological polar surface area (TPSA) is 128 Å². The molecule has 1 amide bonds. The number of carbonyl (C=O) groups excluding carboxylic acids is 2. The number of hydrogen-bond donors (Lipinski definition) is 2. The summed E-state index contributed by atoms with van der Waals surface area (Å²) in [6, 6.07) is 1.58. The third kappa shape index (κ3) is 37.6. The molecule has 0 aliphatic heterocycles. The normalized spacial score (nSPS) is 13.6. The number of rotatable bonds is 21. The van der Waals surface area contributed by atoms with Crippen molar-refractivity contribution in [2.75, 3.05) is 24.8 Å². The third-order valence-corrected chi connectivity index (χ3v) is 29.5. The number of nitrogens with one attached hydrogen (secondary N) is 1. The minimum absolute atomic E-state index is 0.00914. The van der Waals surface area contributed by atoms with Gasteiger partial charge >= 0.3 is 17.6 Å². The molecule has 0 fully saturated rings. The van der Waals surface area contributed by atoms with E-state index in [2.05, 4.69) is 123 Å². The molecule has 0 unspecified atom stereocenters. The summed E-state index contributed by atoms with van der Waals surface area (Å²) >= 11 is 15.1.